The molecule has 0 saturated carbocycles. The molecule has 0 aliphatic carbocycles. The Hall–Kier alpha value is -2.48. The molecule has 2 aromatic rings. The van der Waals surface area contributed by atoms with Crippen LogP contribution in [0.1, 0.15) is 23.5 Å². The lowest BCUT2D eigenvalue weighted by Gasteiger charge is -2.02. The zero-order valence-corrected chi connectivity index (χ0v) is 13.0. The van der Waals surface area contributed by atoms with E-state index in [1.807, 2.05) is 6.92 Å². The van der Waals surface area contributed by atoms with Crippen LogP contribution in [-0.4, -0.2) is 29.0 Å². The Labute approximate surface area is 131 Å². The summed E-state index contributed by atoms with van der Waals surface area (Å²) < 4.78 is 5.02. The first-order valence-corrected chi connectivity index (χ1v) is 7.55. The molecule has 0 aliphatic heterocycles. The SMILES string of the molecule is CCNc1nc(-c2ccc([N+](=O)[O-])cc2)sc1C(=O)OCC. The monoisotopic (exact) mass is 321 g/mol. The number of anilines is 1. The van der Waals surface area contributed by atoms with Crippen molar-refractivity contribution >= 4 is 28.8 Å². The number of hydrogen-bond donors (Lipinski definition) is 1. The predicted octanol–water partition coefficient (Wildman–Crippen LogP) is 3.33. The molecule has 0 saturated heterocycles. The largest absolute Gasteiger partial charge is 0.462 e. The van der Waals surface area contributed by atoms with Crippen molar-refractivity contribution < 1.29 is 14.5 Å². The smallest absolute Gasteiger partial charge is 0.352 e. The molecule has 0 amide bonds. The Morgan fingerprint density at radius 3 is 2.59 bits per heavy atom. The summed E-state index contributed by atoms with van der Waals surface area (Å²) in [4.78, 5) is 26.9. The third-order valence-electron chi connectivity index (χ3n) is 2.76. The van der Waals surface area contributed by atoms with Crippen molar-refractivity contribution in [1.82, 2.24) is 4.98 Å². The minimum absolute atomic E-state index is 0.0119. The first kappa shape index (κ1) is 15.9. The highest BCUT2D eigenvalue weighted by molar-refractivity contribution is 7.17. The summed E-state index contributed by atoms with van der Waals surface area (Å²) in [6.45, 7) is 4.55. The average molecular weight is 321 g/mol. The predicted molar refractivity (Wildman–Crippen MR) is 84.3 cm³/mol. The van der Waals surface area contributed by atoms with Gasteiger partial charge >= 0.3 is 5.97 Å². The number of non-ortho nitro benzene ring substituents is 1. The van der Waals surface area contributed by atoms with Crippen molar-refractivity contribution in [3.05, 3.63) is 39.3 Å². The van der Waals surface area contributed by atoms with Gasteiger partial charge in [-0.2, -0.15) is 0 Å². The highest BCUT2D eigenvalue weighted by Gasteiger charge is 2.20. The number of nitro benzene ring substituents is 1. The third-order valence-corrected chi connectivity index (χ3v) is 3.84. The molecule has 1 N–H and O–H groups in total. The Balaban J connectivity index is 2.36. The summed E-state index contributed by atoms with van der Waals surface area (Å²) in [7, 11) is 0. The average Bonchev–Trinajstić information content (AvgIpc) is 2.92. The van der Waals surface area contributed by atoms with Gasteiger partial charge in [-0.15, -0.1) is 11.3 Å². The normalized spacial score (nSPS) is 10.3. The molecule has 116 valence electrons. The summed E-state index contributed by atoms with van der Waals surface area (Å²) >= 11 is 1.20. The molecule has 2 rings (SSSR count). The quantitative estimate of drug-likeness (QED) is 0.498. The highest BCUT2D eigenvalue weighted by atomic mass is 32.1. The summed E-state index contributed by atoms with van der Waals surface area (Å²) in [5.41, 5.74) is 0.725. The molecule has 0 radical (unpaired) electrons. The first-order valence-electron chi connectivity index (χ1n) is 6.73. The number of aromatic nitrogens is 1. The second kappa shape index (κ2) is 6.99. The van der Waals surface area contributed by atoms with Gasteiger partial charge in [0.2, 0.25) is 0 Å². The second-order valence-corrected chi connectivity index (χ2v) is 5.25. The maximum Gasteiger partial charge on any atom is 0.352 e. The fourth-order valence-electron chi connectivity index (χ4n) is 1.79. The van der Waals surface area contributed by atoms with E-state index in [4.69, 9.17) is 4.74 Å². The van der Waals surface area contributed by atoms with Crippen LogP contribution in [0.2, 0.25) is 0 Å². The van der Waals surface area contributed by atoms with Gasteiger partial charge in [0.05, 0.1) is 11.5 Å². The van der Waals surface area contributed by atoms with Crippen molar-refractivity contribution in [3.63, 3.8) is 0 Å². The van der Waals surface area contributed by atoms with E-state index in [0.717, 1.165) is 0 Å². The van der Waals surface area contributed by atoms with Gasteiger partial charge < -0.3 is 10.1 Å². The van der Waals surface area contributed by atoms with Gasteiger partial charge in [-0.1, -0.05) is 0 Å². The van der Waals surface area contributed by atoms with Crippen molar-refractivity contribution in [1.29, 1.82) is 0 Å². The maximum atomic E-state index is 11.9. The number of ether oxygens (including phenoxy) is 1. The van der Waals surface area contributed by atoms with Crippen LogP contribution in [0, 0.1) is 10.1 Å². The summed E-state index contributed by atoms with van der Waals surface area (Å²) in [5.74, 6) is 0.0448. The molecule has 1 heterocycles. The number of esters is 1. The second-order valence-electron chi connectivity index (χ2n) is 4.25. The molecule has 8 heteroatoms. The molecule has 7 nitrogen and oxygen atoms in total. The lowest BCUT2D eigenvalue weighted by Crippen LogP contribution is -2.07. The standard InChI is InChI=1S/C14H15N3O4S/c1-3-15-12-11(14(18)21-4-2)22-13(16-12)9-5-7-10(8-6-9)17(19)20/h5-8,15H,3-4H2,1-2H3. The van der Waals surface area contributed by atoms with Crippen LogP contribution in [0.15, 0.2) is 24.3 Å². The van der Waals surface area contributed by atoms with E-state index in [9.17, 15) is 14.9 Å². The fourth-order valence-corrected chi connectivity index (χ4v) is 2.73. The summed E-state index contributed by atoms with van der Waals surface area (Å²) in [5, 5.41) is 14.3. The van der Waals surface area contributed by atoms with Gasteiger partial charge in [0.15, 0.2) is 10.7 Å². The van der Waals surface area contributed by atoms with Crippen LogP contribution >= 0.6 is 11.3 Å². The lowest BCUT2D eigenvalue weighted by molar-refractivity contribution is -0.384. The maximum absolute atomic E-state index is 11.9. The van der Waals surface area contributed by atoms with Crippen LogP contribution in [0.25, 0.3) is 10.6 Å². The minimum atomic E-state index is -0.459. The Morgan fingerprint density at radius 2 is 2.05 bits per heavy atom. The van der Waals surface area contributed by atoms with Gasteiger partial charge in [0.1, 0.15) is 5.01 Å². The molecule has 0 unspecified atom stereocenters. The van der Waals surface area contributed by atoms with Crippen molar-refractivity contribution in [2.75, 3.05) is 18.5 Å². The number of carbonyl (C=O) groups is 1. The molecule has 0 fully saturated rings. The van der Waals surface area contributed by atoms with E-state index in [2.05, 4.69) is 10.3 Å². The molecule has 1 aromatic carbocycles. The molecular weight excluding hydrogens is 306 g/mol. The van der Waals surface area contributed by atoms with Gasteiger partial charge in [-0.25, -0.2) is 9.78 Å². The van der Waals surface area contributed by atoms with Crippen molar-refractivity contribution in [2.45, 2.75) is 13.8 Å². The van der Waals surface area contributed by atoms with Gasteiger partial charge in [-0.3, -0.25) is 10.1 Å². The topological polar surface area (TPSA) is 94.4 Å². The van der Waals surface area contributed by atoms with Gasteiger partial charge in [0.25, 0.3) is 5.69 Å². The van der Waals surface area contributed by atoms with Crippen molar-refractivity contribution in [3.8, 4) is 10.6 Å². The van der Waals surface area contributed by atoms with E-state index < -0.39 is 10.9 Å². The molecule has 22 heavy (non-hydrogen) atoms. The fraction of sp³-hybridized carbons (Fsp3) is 0.286. The minimum Gasteiger partial charge on any atom is -0.462 e. The van der Waals surface area contributed by atoms with Gasteiger partial charge in [-0.05, 0) is 26.0 Å². The van der Waals surface area contributed by atoms with E-state index in [1.54, 1.807) is 19.1 Å². The zero-order chi connectivity index (χ0) is 16.1. The Morgan fingerprint density at radius 1 is 1.36 bits per heavy atom. The molecule has 0 aliphatic rings. The Bertz CT molecular complexity index is 682. The number of rotatable bonds is 6. The lowest BCUT2D eigenvalue weighted by atomic mass is 10.2. The van der Waals surface area contributed by atoms with Gasteiger partial charge in [0, 0.05) is 24.2 Å². The third kappa shape index (κ3) is 3.40. The van der Waals surface area contributed by atoms with Crippen LogP contribution in [0.4, 0.5) is 11.5 Å². The highest BCUT2D eigenvalue weighted by Crippen LogP contribution is 2.32. The van der Waals surface area contributed by atoms with Crippen LogP contribution in [-0.2, 0) is 4.74 Å². The van der Waals surface area contributed by atoms with E-state index in [0.29, 0.717) is 27.8 Å². The van der Waals surface area contributed by atoms with Crippen molar-refractivity contribution in [2.24, 2.45) is 0 Å². The molecule has 0 atom stereocenters. The zero-order valence-electron chi connectivity index (χ0n) is 12.2. The molecule has 0 spiro atoms. The number of hydrogen-bond acceptors (Lipinski definition) is 7. The van der Waals surface area contributed by atoms with E-state index in [1.165, 1.54) is 23.5 Å². The van der Waals surface area contributed by atoms with E-state index >= 15 is 0 Å². The van der Waals surface area contributed by atoms with Crippen LogP contribution < -0.4 is 5.32 Å². The number of thiazole rings is 1. The number of nitrogens with zero attached hydrogens (tertiary/aromatic N) is 2. The Kier molecular flexibility index (Phi) is 5.05. The van der Waals surface area contributed by atoms with E-state index in [-0.39, 0.29) is 12.3 Å². The number of benzene rings is 1. The van der Waals surface area contributed by atoms with Crippen LogP contribution in [0.3, 0.4) is 0 Å². The van der Waals surface area contributed by atoms with Crippen LogP contribution in [0.5, 0.6) is 0 Å². The summed E-state index contributed by atoms with van der Waals surface area (Å²) in [6.07, 6.45) is 0. The first-order chi connectivity index (χ1) is 10.6. The number of nitro groups is 1. The molecular formula is C14H15N3O4S. The summed E-state index contributed by atoms with van der Waals surface area (Å²) in [6, 6.07) is 6.05. The molecule has 0 bridgehead atoms. The number of nitrogens with one attached hydrogen (secondary N) is 1. The molecule has 1 aromatic heterocycles. The number of carbonyl (C=O) groups excluding carboxylic acids is 1.